The zero-order valence-corrected chi connectivity index (χ0v) is 18.1. The fraction of sp³-hybridized carbons (Fsp3) is 0.500. The van der Waals surface area contributed by atoms with Crippen molar-refractivity contribution >= 4 is 0 Å². The molecule has 0 N–H and O–H groups in total. The maximum atomic E-state index is 13.2. The molecule has 2 aromatic rings. The van der Waals surface area contributed by atoms with E-state index in [1.807, 2.05) is 4.90 Å². The van der Waals surface area contributed by atoms with Crippen LogP contribution in [0.25, 0.3) is 0 Å². The first-order valence-corrected chi connectivity index (χ1v) is 10.9. The van der Waals surface area contributed by atoms with Gasteiger partial charge in [0.15, 0.2) is 0 Å². The normalized spacial score (nSPS) is 19.1. The molecule has 3 nitrogen and oxygen atoms in total. The molecule has 0 aliphatic carbocycles. The van der Waals surface area contributed by atoms with E-state index in [2.05, 4.69) is 4.90 Å². The standard InChI is InChI=1S/C24H26F6N2O/c25-23(26,27)20-7-3-5-18(11-20)13-31(14-19-6-4-8-21(12-19)24(28,29)30)15-22(16-33-17-22)32-9-1-2-10-32/h3-8,11-12H,1-2,9-10,13-17H2. The summed E-state index contributed by atoms with van der Waals surface area (Å²) in [4.78, 5) is 4.29. The zero-order valence-electron chi connectivity index (χ0n) is 18.1. The van der Waals surface area contributed by atoms with E-state index in [-0.39, 0.29) is 18.6 Å². The number of nitrogens with zero attached hydrogens (tertiary/aromatic N) is 2. The summed E-state index contributed by atoms with van der Waals surface area (Å²) >= 11 is 0. The Morgan fingerprint density at radius 1 is 0.788 bits per heavy atom. The highest BCUT2D eigenvalue weighted by Gasteiger charge is 2.46. The Kier molecular flexibility index (Phi) is 6.75. The van der Waals surface area contributed by atoms with Crippen molar-refractivity contribution in [2.45, 2.75) is 43.8 Å². The summed E-state index contributed by atoms with van der Waals surface area (Å²) in [6.45, 7) is 3.74. The van der Waals surface area contributed by atoms with Gasteiger partial charge in [-0.25, -0.2) is 0 Å². The third-order valence-electron chi connectivity index (χ3n) is 6.36. The summed E-state index contributed by atoms with van der Waals surface area (Å²) in [6.07, 6.45) is -6.77. The average Bonchev–Trinajstić information content (AvgIpc) is 3.25. The van der Waals surface area contributed by atoms with Crippen LogP contribution in [0, 0.1) is 0 Å². The molecule has 2 saturated heterocycles. The van der Waals surface area contributed by atoms with Crippen molar-refractivity contribution in [3.8, 4) is 0 Å². The Labute approximate surface area is 188 Å². The van der Waals surface area contributed by atoms with Crippen molar-refractivity contribution in [1.29, 1.82) is 0 Å². The Bertz CT molecular complexity index is 889. The molecule has 0 spiro atoms. The van der Waals surface area contributed by atoms with Crippen LogP contribution in [0.2, 0.25) is 0 Å². The molecule has 9 heteroatoms. The van der Waals surface area contributed by atoms with Gasteiger partial charge >= 0.3 is 12.4 Å². The van der Waals surface area contributed by atoms with E-state index in [1.54, 1.807) is 12.1 Å². The van der Waals surface area contributed by atoms with Crippen molar-refractivity contribution in [1.82, 2.24) is 9.80 Å². The number of likely N-dealkylation sites (tertiary alicyclic amines) is 1. The van der Waals surface area contributed by atoms with Crippen molar-refractivity contribution in [3.05, 3.63) is 70.8 Å². The van der Waals surface area contributed by atoms with Gasteiger partial charge in [-0.05, 0) is 49.2 Å². The zero-order chi connectivity index (χ0) is 23.7. The van der Waals surface area contributed by atoms with E-state index in [0.717, 1.165) is 50.2 Å². The lowest BCUT2D eigenvalue weighted by atomic mass is 9.93. The molecule has 180 valence electrons. The number of hydrogen-bond donors (Lipinski definition) is 0. The van der Waals surface area contributed by atoms with Crippen LogP contribution in [-0.2, 0) is 30.2 Å². The summed E-state index contributed by atoms with van der Waals surface area (Å²) in [5.41, 5.74) is -0.803. The van der Waals surface area contributed by atoms with Gasteiger partial charge in [0.1, 0.15) is 0 Å². The van der Waals surface area contributed by atoms with Gasteiger partial charge in [-0.15, -0.1) is 0 Å². The van der Waals surface area contributed by atoms with E-state index >= 15 is 0 Å². The van der Waals surface area contributed by atoms with Gasteiger partial charge in [0.25, 0.3) is 0 Å². The van der Waals surface area contributed by atoms with Crippen molar-refractivity contribution in [3.63, 3.8) is 0 Å². The predicted molar refractivity (Wildman–Crippen MR) is 111 cm³/mol. The lowest BCUT2D eigenvalue weighted by Gasteiger charge is -2.50. The highest BCUT2D eigenvalue weighted by molar-refractivity contribution is 5.27. The summed E-state index contributed by atoms with van der Waals surface area (Å²) < 4.78 is 84.7. The second-order valence-corrected chi connectivity index (χ2v) is 8.95. The molecule has 4 rings (SSSR count). The van der Waals surface area contributed by atoms with Gasteiger partial charge < -0.3 is 4.74 Å². The Balaban J connectivity index is 1.60. The van der Waals surface area contributed by atoms with Crippen LogP contribution < -0.4 is 0 Å². The van der Waals surface area contributed by atoms with Crippen molar-refractivity contribution < 1.29 is 31.1 Å². The molecular formula is C24H26F6N2O. The maximum Gasteiger partial charge on any atom is 0.416 e. The number of halogens is 6. The molecular weight excluding hydrogens is 446 g/mol. The maximum absolute atomic E-state index is 13.2. The van der Waals surface area contributed by atoms with Gasteiger partial charge in [-0.1, -0.05) is 36.4 Å². The fourth-order valence-electron chi connectivity index (χ4n) is 4.70. The molecule has 2 aliphatic heterocycles. The number of alkyl halides is 6. The Hall–Kier alpha value is -2.10. The first kappa shape index (κ1) is 24.0. The molecule has 2 fully saturated rings. The van der Waals surface area contributed by atoms with E-state index in [4.69, 9.17) is 4.74 Å². The van der Waals surface area contributed by atoms with Gasteiger partial charge in [-0.2, -0.15) is 26.3 Å². The molecule has 0 aromatic heterocycles. The first-order valence-electron chi connectivity index (χ1n) is 10.9. The second kappa shape index (κ2) is 9.27. The summed E-state index contributed by atoms with van der Waals surface area (Å²) in [5, 5.41) is 0. The summed E-state index contributed by atoms with van der Waals surface area (Å²) in [7, 11) is 0. The van der Waals surface area contributed by atoms with Crippen LogP contribution in [0.15, 0.2) is 48.5 Å². The largest absolute Gasteiger partial charge is 0.416 e. The molecule has 2 heterocycles. The van der Waals surface area contributed by atoms with Gasteiger partial charge in [0.2, 0.25) is 0 Å². The van der Waals surface area contributed by atoms with Gasteiger partial charge in [0, 0.05) is 19.6 Å². The molecule has 0 atom stereocenters. The molecule has 0 bridgehead atoms. The van der Waals surface area contributed by atoms with Crippen LogP contribution in [-0.4, -0.2) is 48.2 Å². The molecule has 0 saturated carbocycles. The molecule has 0 radical (unpaired) electrons. The van der Waals surface area contributed by atoms with Crippen LogP contribution in [0.4, 0.5) is 26.3 Å². The third-order valence-corrected chi connectivity index (χ3v) is 6.36. The number of rotatable bonds is 7. The van der Waals surface area contributed by atoms with Crippen LogP contribution >= 0.6 is 0 Å². The van der Waals surface area contributed by atoms with Crippen LogP contribution in [0.5, 0.6) is 0 Å². The monoisotopic (exact) mass is 472 g/mol. The van der Waals surface area contributed by atoms with Gasteiger partial charge in [-0.3, -0.25) is 9.80 Å². The average molecular weight is 472 g/mol. The lowest BCUT2D eigenvalue weighted by molar-refractivity contribution is -0.146. The second-order valence-electron chi connectivity index (χ2n) is 8.95. The highest BCUT2D eigenvalue weighted by Crippen LogP contribution is 2.34. The minimum absolute atomic E-state index is 0.190. The molecule has 2 aliphatic rings. The van der Waals surface area contributed by atoms with Crippen molar-refractivity contribution in [2.75, 3.05) is 32.8 Å². The summed E-state index contributed by atoms with van der Waals surface area (Å²) in [5.74, 6) is 0. The number of benzene rings is 2. The van der Waals surface area contributed by atoms with E-state index in [1.165, 1.54) is 12.1 Å². The van der Waals surface area contributed by atoms with E-state index in [0.29, 0.717) is 30.9 Å². The van der Waals surface area contributed by atoms with Crippen LogP contribution in [0.1, 0.15) is 35.1 Å². The minimum atomic E-state index is -4.46. The molecule has 2 aromatic carbocycles. The molecule has 0 amide bonds. The SMILES string of the molecule is FC(F)(F)c1cccc(CN(Cc2cccc(C(F)(F)F)c2)CC2(N3CCCC3)COC2)c1. The minimum Gasteiger partial charge on any atom is -0.377 e. The smallest absolute Gasteiger partial charge is 0.377 e. The fourth-order valence-corrected chi connectivity index (χ4v) is 4.70. The predicted octanol–water partition coefficient (Wildman–Crippen LogP) is 5.59. The quantitative estimate of drug-likeness (QED) is 0.489. The Morgan fingerprint density at radius 3 is 1.67 bits per heavy atom. The molecule has 33 heavy (non-hydrogen) atoms. The van der Waals surface area contributed by atoms with E-state index < -0.39 is 23.5 Å². The van der Waals surface area contributed by atoms with Crippen molar-refractivity contribution in [2.24, 2.45) is 0 Å². The molecule has 0 unspecified atom stereocenters. The first-order chi connectivity index (χ1) is 15.6. The summed E-state index contributed by atoms with van der Waals surface area (Å²) in [6, 6.07) is 10.2. The van der Waals surface area contributed by atoms with Crippen LogP contribution in [0.3, 0.4) is 0 Å². The Morgan fingerprint density at radius 2 is 1.27 bits per heavy atom. The lowest BCUT2D eigenvalue weighted by Crippen LogP contribution is -2.66. The highest BCUT2D eigenvalue weighted by atomic mass is 19.4. The van der Waals surface area contributed by atoms with Gasteiger partial charge in [0.05, 0.1) is 29.9 Å². The number of ether oxygens (including phenoxy) is 1. The topological polar surface area (TPSA) is 15.7 Å². The van der Waals surface area contributed by atoms with E-state index in [9.17, 15) is 26.3 Å². The third kappa shape index (κ3) is 5.70. The number of hydrogen-bond acceptors (Lipinski definition) is 3.